The van der Waals surface area contributed by atoms with E-state index in [1.165, 1.54) is 22.0 Å². The average molecular weight is 473 g/mol. The molecule has 140 valence electrons. The van der Waals surface area contributed by atoms with Gasteiger partial charge in [-0.3, -0.25) is 4.99 Å². The minimum Gasteiger partial charge on any atom is -0.361 e. The number of nitriles is 1. The number of fused-ring (bicyclic) bond motifs is 1. The largest absolute Gasteiger partial charge is 0.361 e. The molecule has 0 amide bonds. The third-order valence-corrected chi connectivity index (χ3v) is 4.45. The van der Waals surface area contributed by atoms with E-state index in [2.05, 4.69) is 58.0 Å². The Bertz CT molecular complexity index is 951. The molecule has 0 saturated heterocycles. The lowest BCUT2D eigenvalue weighted by molar-refractivity contribution is 0.796. The number of aryl methyl sites for hydroxylation is 1. The summed E-state index contributed by atoms with van der Waals surface area (Å²) >= 11 is 0. The first kappa shape index (κ1) is 20.8. The molecule has 0 aliphatic carbocycles. The van der Waals surface area contributed by atoms with Crippen molar-refractivity contribution >= 4 is 40.8 Å². The number of aliphatic imine (C=N–C) groups is 1. The Morgan fingerprint density at radius 1 is 1.15 bits per heavy atom. The molecule has 1 aromatic heterocycles. The SMILES string of the molecule is CN=C(NCCc1c[nH]c2cccc(C)c12)NCc1ccc(C#N)cc1.I. The summed E-state index contributed by atoms with van der Waals surface area (Å²) in [5, 5.41) is 16.8. The maximum Gasteiger partial charge on any atom is 0.191 e. The molecule has 3 aromatic rings. The van der Waals surface area contributed by atoms with Gasteiger partial charge in [-0.05, 0) is 48.2 Å². The topological polar surface area (TPSA) is 76.0 Å². The van der Waals surface area contributed by atoms with Gasteiger partial charge >= 0.3 is 0 Å². The minimum atomic E-state index is 0. The van der Waals surface area contributed by atoms with E-state index < -0.39 is 0 Å². The van der Waals surface area contributed by atoms with Crippen LogP contribution in [0, 0.1) is 18.3 Å². The summed E-state index contributed by atoms with van der Waals surface area (Å²) in [5.74, 6) is 0.769. The number of benzene rings is 2. The first-order chi connectivity index (χ1) is 12.7. The average Bonchev–Trinajstić information content (AvgIpc) is 3.09. The lowest BCUT2D eigenvalue weighted by Crippen LogP contribution is -2.37. The van der Waals surface area contributed by atoms with Gasteiger partial charge in [0.05, 0.1) is 11.6 Å². The molecule has 0 saturated carbocycles. The molecular formula is C21H24IN5. The predicted molar refractivity (Wildman–Crippen MR) is 122 cm³/mol. The van der Waals surface area contributed by atoms with E-state index in [9.17, 15) is 0 Å². The highest BCUT2D eigenvalue weighted by atomic mass is 127. The van der Waals surface area contributed by atoms with E-state index in [0.717, 1.165) is 24.5 Å². The van der Waals surface area contributed by atoms with Crippen LogP contribution >= 0.6 is 24.0 Å². The predicted octanol–water partition coefficient (Wildman–Crippen LogP) is 3.87. The number of hydrogen-bond donors (Lipinski definition) is 3. The third-order valence-electron chi connectivity index (χ3n) is 4.45. The Morgan fingerprint density at radius 2 is 1.93 bits per heavy atom. The Hall–Kier alpha value is -2.53. The van der Waals surface area contributed by atoms with Gasteiger partial charge < -0.3 is 15.6 Å². The summed E-state index contributed by atoms with van der Waals surface area (Å²) in [5.41, 5.74) is 5.57. The van der Waals surface area contributed by atoms with Crippen molar-refractivity contribution in [3.05, 3.63) is 70.9 Å². The summed E-state index contributed by atoms with van der Waals surface area (Å²) in [6.45, 7) is 3.61. The second-order valence-corrected chi connectivity index (χ2v) is 6.22. The molecule has 0 unspecified atom stereocenters. The van der Waals surface area contributed by atoms with Gasteiger partial charge in [0, 0.05) is 37.2 Å². The molecule has 0 aliphatic heterocycles. The van der Waals surface area contributed by atoms with Crippen molar-refractivity contribution in [1.82, 2.24) is 15.6 Å². The fraction of sp³-hybridized carbons (Fsp3) is 0.238. The molecule has 5 nitrogen and oxygen atoms in total. The van der Waals surface area contributed by atoms with Gasteiger partial charge in [0.1, 0.15) is 0 Å². The lowest BCUT2D eigenvalue weighted by atomic mass is 10.1. The number of hydrogen-bond acceptors (Lipinski definition) is 2. The van der Waals surface area contributed by atoms with Crippen LogP contribution in [0.1, 0.15) is 22.3 Å². The number of nitrogens with zero attached hydrogens (tertiary/aromatic N) is 2. The molecule has 0 atom stereocenters. The van der Waals surface area contributed by atoms with Crippen LogP contribution in [-0.4, -0.2) is 24.5 Å². The molecule has 3 rings (SSSR count). The van der Waals surface area contributed by atoms with Crippen molar-refractivity contribution in [2.45, 2.75) is 19.9 Å². The standard InChI is InChI=1S/C21H23N5.HI/c1-15-4-3-5-19-20(15)18(14-25-19)10-11-24-21(23-2)26-13-17-8-6-16(12-22)7-9-17;/h3-9,14,25H,10-11,13H2,1-2H3,(H2,23,24,26);1H. The Balaban J connectivity index is 0.00000261. The summed E-state index contributed by atoms with van der Waals surface area (Å²) in [6.07, 6.45) is 3.01. The summed E-state index contributed by atoms with van der Waals surface area (Å²) in [7, 11) is 1.77. The van der Waals surface area contributed by atoms with Crippen molar-refractivity contribution in [2.24, 2.45) is 4.99 Å². The molecule has 0 spiro atoms. The van der Waals surface area contributed by atoms with Gasteiger partial charge in [0.2, 0.25) is 0 Å². The number of halogens is 1. The maximum absolute atomic E-state index is 8.85. The van der Waals surface area contributed by atoms with Crippen LogP contribution in [0.25, 0.3) is 10.9 Å². The molecule has 27 heavy (non-hydrogen) atoms. The van der Waals surface area contributed by atoms with Crippen LogP contribution in [0.5, 0.6) is 0 Å². The smallest absolute Gasteiger partial charge is 0.191 e. The van der Waals surface area contributed by atoms with E-state index >= 15 is 0 Å². The van der Waals surface area contributed by atoms with E-state index in [1.54, 1.807) is 7.05 Å². The van der Waals surface area contributed by atoms with Gasteiger partial charge in [-0.2, -0.15) is 5.26 Å². The quantitative estimate of drug-likeness (QED) is 0.299. The Labute approximate surface area is 176 Å². The molecule has 0 bridgehead atoms. The molecule has 0 radical (unpaired) electrons. The Morgan fingerprint density at radius 3 is 2.63 bits per heavy atom. The van der Waals surface area contributed by atoms with E-state index in [0.29, 0.717) is 12.1 Å². The molecule has 0 aliphatic rings. The number of aromatic nitrogens is 1. The van der Waals surface area contributed by atoms with Crippen LogP contribution in [0.2, 0.25) is 0 Å². The van der Waals surface area contributed by atoms with Crippen LogP contribution in [0.3, 0.4) is 0 Å². The molecule has 1 heterocycles. The van der Waals surface area contributed by atoms with E-state index in [-0.39, 0.29) is 24.0 Å². The fourth-order valence-corrected chi connectivity index (χ4v) is 3.07. The highest BCUT2D eigenvalue weighted by Crippen LogP contribution is 2.22. The normalized spacial score (nSPS) is 10.9. The van der Waals surface area contributed by atoms with Crippen LogP contribution in [0.4, 0.5) is 0 Å². The zero-order chi connectivity index (χ0) is 18.4. The van der Waals surface area contributed by atoms with Crippen molar-refractivity contribution in [3.63, 3.8) is 0 Å². The number of nitrogens with one attached hydrogen (secondary N) is 3. The number of aromatic amines is 1. The minimum absolute atomic E-state index is 0. The third kappa shape index (κ3) is 5.23. The van der Waals surface area contributed by atoms with Gasteiger partial charge in [-0.25, -0.2) is 0 Å². The zero-order valence-electron chi connectivity index (χ0n) is 15.5. The van der Waals surface area contributed by atoms with Gasteiger partial charge in [-0.1, -0.05) is 24.3 Å². The maximum atomic E-state index is 8.85. The fourth-order valence-electron chi connectivity index (χ4n) is 3.07. The lowest BCUT2D eigenvalue weighted by Gasteiger charge is -2.12. The molecule has 3 N–H and O–H groups in total. The molecule has 2 aromatic carbocycles. The highest BCUT2D eigenvalue weighted by molar-refractivity contribution is 14.0. The highest BCUT2D eigenvalue weighted by Gasteiger charge is 2.06. The van der Waals surface area contributed by atoms with Gasteiger partial charge in [0.25, 0.3) is 0 Å². The van der Waals surface area contributed by atoms with Gasteiger partial charge in [-0.15, -0.1) is 24.0 Å². The number of H-pyrrole nitrogens is 1. The van der Waals surface area contributed by atoms with E-state index in [4.69, 9.17) is 5.26 Å². The summed E-state index contributed by atoms with van der Waals surface area (Å²) in [4.78, 5) is 7.61. The van der Waals surface area contributed by atoms with Crippen molar-refractivity contribution in [3.8, 4) is 6.07 Å². The van der Waals surface area contributed by atoms with Gasteiger partial charge in [0.15, 0.2) is 5.96 Å². The summed E-state index contributed by atoms with van der Waals surface area (Å²) in [6, 6.07) is 16.0. The number of guanidine groups is 1. The van der Waals surface area contributed by atoms with Crippen LogP contribution < -0.4 is 10.6 Å². The molecular weight excluding hydrogens is 449 g/mol. The molecule has 6 heteroatoms. The second kappa shape index (κ2) is 9.97. The second-order valence-electron chi connectivity index (χ2n) is 6.22. The van der Waals surface area contributed by atoms with E-state index in [1.807, 2.05) is 24.3 Å². The first-order valence-electron chi connectivity index (χ1n) is 8.70. The van der Waals surface area contributed by atoms with Crippen molar-refractivity contribution in [2.75, 3.05) is 13.6 Å². The van der Waals surface area contributed by atoms with Crippen molar-refractivity contribution < 1.29 is 0 Å². The molecule has 0 fully saturated rings. The van der Waals surface area contributed by atoms with Crippen molar-refractivity contribution in [1.29, 1.82) is 5.26 Å². The Kier molecular flexibility index (Phi) is 7.67. The summed E-state index contributed by atoms with van der Waals surface area (Å²) < 4.78 is 0. The zero-order valence-corrected chi connectivity index (χ0v) is 17.9. The van der Waals surface area contributed by atoms with Crippen LogP contribution in [-0.2, 0) is 13.0 Å². The number of rotatable bonds is 5. The van der Waals surface area contributed by atoms with Crippen LogP contribution in [0.15, 0.2) is 53.7 Å². The monoisotopic (exact) mass is 473 g/mol. The first-order valence-corrected chi connectivity index (χ1v) is 8.70.